The van der Waals surface area contributed by atoms with Gasteiger partial charge in [-0.2, -0.15) is 0 Å². The molecule has 0 fully saturated rings. The summed E-state index contributed by atoms with van der Waals surface area (Å²) in [5.41, 5.74) is 0. The van der Waals surface area contributed by atoms with E-state index in [0.717, 1.165) is 58.4 Å². The van der Waals surface area contributed by atoms with Crippen LogP contribution in [0.25, 0.3) is 0 Å². The van der Waals surface area contributed by atoms with Crippen molar-refractivity contribution >= 4 is 5.97 Å². The van der Waals surface area contributed by atoms with Crippen LogP contribution in [0, 0.1) is 0 Å². The number of carbonyl (C=O) groups is 1. The Kier molecular flexibility index (Phi) is 38.7. The van der Waals surface area contributed by atoms with E-state index in [1.165, 1.54) is 141 Å². The Labute approximate surface area is 307 Å². The SMILES string of the molecule is CCCC/C=C\C/C=C\CCCCCCCCN(CCO)C(C)CCCCC(=O)OCCN(CCCCCCCC)CCCCCCCC. The van der Waals surface area contributed by atoms with E-state index in [1.54, 1.807) is 0 Å². The fourth-order valence-electron chi connectivity index (χ4n) is 6.61. The number of hydrogen-bond acceptors (Lipinski definition) is 5. The zero-order valence-electron chi connectivity index (χ0n) is 33.6. The minimum atomic E-state index is -0.0371. The van der Waals surface area contributed by atoms with Crippen LogP contribution in [0.4, 0.5) is 0 Å². The Morgan fingerprint density at radius 2 is 1.08 bits per heavy atom. The van der Waals surface area contributed by atoms with Gasteiger partial charge in [-0.05, 0) is 84.3 Å². The van der Waals surface area contributed by atoms with E-state index in [2.05, 4.69) is 61.8 Å². The van der Waals surface area contributed by atoms with Gasteiger partial charge in [-0.1, -0.05) is 154 Å². The zero-order valence-corrected chi connectivity index (χ0v) is 33.6. The van der Waals surface area contributed by atoms with Gasteiger partial charge in [0.05, 0.1) is 6.61 Å². The summed E-state index contributed by atoms with van der Waals surface area (Å²) in [6.07, 6.45) is 42.5. The number of ether oxygens (including phenoxy) is 1. The van der Waals surface area contributed by atoms with Crippen LogP contribution in [0.15, 0.2) is 24.3 Å². The molecule has 0 spiro atoms. The van der Waals surface area contributed by atoms with Crippen LogP contribution in [0.2, 0.25) is 0 Å². The monoisotopic (exact) mass is 691 g/mol. The zero-order chi connectivity index (χ0) is 35.9. The van der Waals surface area contributed by atoms with Gasteiger partial charge in [-0.25, -0.2) is 0 Å². The number of unbranched alkanes of at least 4 members (excludes halogenated alkanes) is 19. The Morgan fingerprint density at radius 3 is 1.65 bits per heavy atom. The molecule has 1 atom stereocenters. The maximum absolute atomic E-state index is 12.5. The minimum absolute atomic E-state index is 0.0371. The molecule has 0 amide bonds. The van der Waals surface area contributed by atoms with Crippen LogP contribution in [0.1, 0.15) is 201 Å². The average molecular weight is 691 g/mol. The number of carbonyl (C=O) groups excluding carboxylic acids is 1. The first-order valence-electron chi connectivity index (χ1n) is 21.6. The molecule has 0 rings (SSSR count). The Hall–Kier alpha value is -1.17. The predicted octanol–water partition coefficient (Wildman–Crippen LogP) is 12.2. The summed E-state index contributed by atoms with van der Waals surface area (Å²) in [6.45, 7) is 14.8. The summed E-state index contributed by atoms with van der Waals surface area (Å²) >= 11 is 0. The van der Waals surface area contributed by atoms with Crippen LogP contribution < -0.4 is 0 Å². The predicted molar refractivity (Wildman–Crippen MR) is 215 cm³/mol. The molecule has 5 nitrogen and oxygen atoms in total. The van der Waals surface area contributed by atoms with Crippen molar-refractivity contribution < 1.29 is 14.6 Å². The van der Waals surface area contributed by atoms with Gasteiger partial charge in [0, 0.05) is 25.6 Å². The minimum Gasteiger partial charge on any atom is -0.464 e. The van der Waals surface area contributed by atoms with Crippen LogP contribution >= 0.6 is 0 Å². The number of allylic oxidation sites excluding steroid dienone is 4. The maximum atomic E-state index is 12.5. The van der Waals surface area contributed by atoms with E-state index in [-0.39, 0.29) is 12.6 Å². The lowest BCUT2D eigenvalue weighted by molar-refractivity contribution is -0.144. The highest BCUT2D eigenvalue weighted by Gasteiger charge is 2.14. The van der Waals surface area contributed by atoms with E-state index in [1.807, 2.05) is 0 Å². The highest BCUT2D eigenvalue weighted by molar-refractivity contribution is 5.69. The van der Waals surface area contributed by atoms with Crippen molar-refractivity contribution in [3.63, 3.8) is 0 Å². The van der Waals surface area contributed by atoms with Gasteiger partial charge < -0.3 is 9.84 Å². The lowest BCUT2D eigenvalue weighted by Gasteiger charge is -2.28. The van der Waals surface area contributed by atoms with Gasteiger partial charge in [0.15, 0.2) is 0 Å². The molecule has 0 saturated heterocycles. The van der Waals surface area contributed by atoms with Crippen molar-refractivity contribution in [2.24, 2.45) is 0 Å². The molecule has 49 heavy (non-hydrogen) atoms. The molecule has 0 aliphatic rings. The van der Waals surface area contributed by atoms with Gasteiger partial charge in [0.25, 0.3) is 0 Å². The molecule has 0 saturated carbocycles. The summed E-state index contributed by atoms with van der Waals surface area (Å²) in [5, 5.41) is 9.64. The lowest BCUT2D eigenvalue weighted by atomic mass is 10.1. The molecule has 0 bridgehead atoms. The fraction of sp³-hybridized carbons (Fsp3) is 0.886. The molecular formula is C44H86N2O3. The highest BCUT2D eigenvalue weighted by Crippen LogP contribution is 2.14. The molecule has 0 radical (unpaired) electrons. The van der Waals surface area contributed by atoms with Crippen LogP contribution in [0.3, 0.4) is 0 Å². The number of nitrogens with zero attached hydrogens (tertiary/aromatic N) is 2. The Bertz CT molecular complexity index is 709. The molecule has 0 aromatic heterocycles. The van der Waals surface area contributed by atoms with E-state index < -0.39 is 0 Å². The van der Waals surface area contributed by atoms with Gasteiger partial charge in [0.2, 0.25) is 0 Å². The van der Waals surface area contributed by atoms with Crippen LogP contribution in [-0.2, 0) is 9.53 Å². The molecule has 0 aromatic carbocycles. The van der Waals surface area contributed by atoms with E-state index in [0.29, 0.717) is 19.1 Å². The number of aliphatic hydroxyl groups is 1. The molecule has 0 aliphatic carbocycles. The van der Waals surface area contributed by atoms with Gasteiger partial charge in [-0.3, -0.25) is 14.6 Å². The maximum Gasteiger partial charge on any atom is 0.305 e. The van der Waals surface area contributed by atoms with Crippen molar-refractivity contribution in [3.8, 4) is 0 Å². The topological polar surface area (TPSA) is 53.0 Å². The average Bonchev–Trinajstić information content (AvgIpc) is 3.10. The quantitative estimate of drug-likeness (QED) is 0.0395. The molecule has 1 N–H and O–H groups in total. The smallest absolute Gasteiger partial charge is 0.305 e. The standard InChI is InChI=1S/C44H86N2O3/c1-5-8-11-14-17-18-19-20-21-22-23-24-25-28-33-38-46(39-41-47)43(4)34-29-30-35-44(48)49-42-40-45(36-31-26-15-12-9-6-2)37-32-27-16-13-10-7-3/h14,17,19-20,43,47H,5-13,15-16,18,21-42H2,1-4H3/b17-14-,20-19-. The number of esters is 1. The third kappa shape index (κ3) is 35.0. The second kappa shape index (κ2) is 39.6. The van der Waals surface area contributed by atoms with Gasteiger partial charge in [-0.15, -0.1) is 0 Å². The van der Waals surface area contributed by atoms with Crippen molar-refractivity contribution in [1.82, 2.24) is 9.80 Å². The first-order chi connectivity index (χ1) is 24.1. The second-order valence-electron chi connectivity index (χ2n) is 14.7. The summed E-state index contributed by atoms with van der Waals surface area (Å²) in [7, 11) is 0. The second-order valence-corrected chi connectivity index (χ2v) is 14.7. The molecule has 5 heteroatoms. The first-order valence-corrected chi connectivity index (χ1v) is 21.6. The van der Waals surface area contributed by atoms with Crippen LogP contribution in [0.5, 0.6) is 0 Å². The molecule has 0 aromatic rings. The van der Waals surface area contributed by atoms with Crippen molar-refractivity contribution in [2.75, 3.05) is 45.9 Å². The molecule has 1 unspecified atom stereocenters. The number of aliphatic hydroxyl groups excluding tert-OH is 1. The Morgan fingerprint density at radius 1 is 0.571 bits per heavy atom. The largest absolute Gasteiger partial charge is 0.464 e. The van der Waals surface area contributed by atoms with E-state index in [4.69, 9.17) is 4.74 Å². The van der Waals surface area contributed by atoms with Crippen molar-refractivity contribution in [1.29, 1.82) is 0 Å². The molecule has 0 aliphatic heterocycles. The van der Waals surface area contributed by atoms with Crippen LogP contribution in [-0.4, -0.2) is 72.9 Å². The highest BCUT2D eigenvalue weighted by atomic mass is 16.5. The third-order valence-electron chi connectivity index (χ3n) is 9.99. The normalized spacial score (nSPS) is 12.7. The number of hydrogen-bond donors (Lipinski definition) is 1. The van der Waals surface area contributed by atoms with Crippen molar-refractivity contribution in [2.45, 2.75) is 207 Å². The van der Waals surface area contributed by atoms with Crippen molar-refractivity contribution in [3.05, 3.63) is 24.3 Å². The molecule has 290 valence electrons. The van der Waals surface area contributed by atoms with E-state index >= 15 is 0 Å². The summed E-state index contributed by atoms with van der Waals surface area (Å²) in [5.74, 6) is -0.0371. The first kappa shape index (κ1) is 47.8. The molecule has 0 heterocycles. The Balaban J connectivity index is 4.09. The summed E-state index contributed by atoms with van der Waals surface area (Å²) in [4.78, 5) is 17.5. The van der Waals surface area contributed by atoms with Gasteiger partial charge in [0.1, 0.15) is 6.61 Å². The summed E-state index contributed by atoms with van der Waals surface area (Å²) in [6, 6.07) is 0.439. The van der Waals surface area contributed by atoms with Gasteiger partial charge >= 0.3 is 5.97 Å². The third-order valence-corrected chi connectivity index (χ3v) is 9.99. The lowest BCUT2D eigenvalue weighted by Crippen LogP contribution is -2.36. The van der Waals surface area contributed by atoms with E-state index in [9.17, 15) is 9.90 Å². The summed E-state index contributed by atoms with van der Waals surface area (Å²) < 4.78 is 5.69. The fourth-order valence-corrected chi connectivity index (χ4v) is 6.61. The number of rotatable bonds is 39. The molecular weight excluding hydrogens is 604 g/mol.